The van der Waals surface area contributed by atoms with Gasteiger partial charge in [0, 0.05) is 11.8 Å². The Kier molecular flexibility index (Phi) is 2.04. The third kappa shape index (κ3) is 1.72. The molecule has 0 saturated heterocycles. The van der Waals surface area contributed by atoms with Crippen molar-refractivity contribution in [3.05, 3.63) is 54.6 Å². The summed E-state index contributed by atoms with van der Waals surface area (Å²) in [5.41, 5.74) is 1.79. The fourth-order valence-corrected chi connectivity index (χ4v) is 1.20. The van der Waals surface area contributed by atoms with Crippen molar-refractivity contribution in [1.29, 1.82) is 0 Å². The van der Waals surface area contributed by atoms with Gasteiger partial charge in [-0.3, -0.25) is 4.98 Å². The van der Waals surface area contributed by atoms with Crippen LogP contribution in [0.3, 0.4) is 0 Å². The number of pyridine rings is 1. The molecule has 0 bridgehead atoms. The molecule has 0 N–H and O–H groups in total. The summed E-state index contributed by atoms with van der Waals surface area (Å²) < 4.78 is 12.8. The van der Waals surface area contributed by atoms with E-state index in [1.54, 1.807) is 6.20 Å². The summed E-state index contributed by atoms with van der Waals surface area (Å²) in [6.45, 7) is 0. The van der Waals surface area contributed by atoms with Crippen molar-refractivity contribution >= 4 is 0 Å². The van der Waals surface area contributed by atoms with Crippen molar-refractivity contribution in [2.75, 3.05) is 0 Å². The number of hydrogen-bond donors (Lipinski definition) is 0. The molecular weight excluding hydrogens is 165 g/mol. The normalized spacial score (nSPS) is 9.92. The Labute approximate surface area is 75.9 Å². The zero-order valence-corrected chi connectivity index (χ0v) is 6.94. The molecule has 0 amide bonds. The summed E-state index contributed by atoms with van der Waals surface area (Å²) in [5.74, 6) is -0.304. The Morgan fingerprint density at radius 2 is 1.69 bits per heavy atom. The molecule has 0 atom stereocenters. The smallest absolute Gasteiger partial charge is 0.142 e. The average Bonchev–Trinajstić information content (AvgIpc) is 2.19. The highest BCUT2D eigenvalue weighted by Gasteiger charge is 1.97. The minimum absolute atomic E-state index is 0.304. The van der Waals surface area contributed by atoms with Gasteiger partial charge in [0.15, 0.2) is 0 Å². The van der Waals surface area contributed by atoms with Crippen LogP contribution >= 0.6 is 0 Å². The summed E-state index contributed by atoms with van der Waals surface area (Å²) in [4.78, 5) is 3.79. The van der Waals surface area contributed by atoms with Crippen LogP contribution in [0.5, 0.6) is 0 Å². The molecule has 2 rings (SSSR count). The summed E-state index contributed by atoms with van der Waals surface area (Å²) in [7, 11) is 0. The molecule has 0 saturated carbocycles. The minimum Gasteiger partial charge on any atom is -0.261 e. The van der Waals surface area contributed by atoms with E-state index in [1.165, 1.54) is 12.3 Å². The average molecular weight is 173 g/mol. The van der Waals surface area contributed by atoms with Crippen LogP contribution in [0.1, 0.15) is 0 Å². The third-order valence-electron chi connectivity index (χ3n) is 1.81. The molecule has 0 radical (unpaired) electrons. The van der Waals surface area contributed by atoms with Gasteiger partial charge in [-0.1, -0.05) is 30.3 Å². The number of benzene rings is 1. The molecule has 0 unspecified atom stereocenters. The zero-order valence-electron chi connectivity index (χ0n) is 6.94. The van der Waals surface area contributed by atoms with E-state index in [4.69, 9.17) is 0 Å². The molecule has 1 heterocycles. The Bertz CT molecular complexity index is 398. The highest BCUT2D eigenvalue weighted by atomic mass is 19.1. The van der Waals surface area contributed by atoms with Crippen LogP contribution in [-0.4, -0.2) is 4.98 Å². The van der Waals surface area contributed by atoms with Gasteiger partial charge in [0.25, 0.3) is 0 Å². The highest BCUT2D eigenvalue weighted by molar-refractivity contribution is 5.61. The molecule has 0 spiro atoms. The Morgan fingerprint density at radius 3 is 2.38 bits per heavy atom. The van der Waals surface area contributed by atoms with Crippen LogP contribution in [0.2, 0.25) is 0 Å². The molecule has 0 aliphatic heterocycles. The molecule has 2 heteroatoms. The first-order valence-corrected chi connectivity index (χ1v) is 4.02. The lowest BCUT2D eigenvalue weighted by Gasteiger charge is -1.99. The van der Waals surface area contributed by atoms with E-state index in [9.17, 15) is 4.39 Å². The van der Waals surface area contributed by atoms with Gasteiger partial charge in [-0.05, 0) is 11.6 Å². The van der Waals surface area contributed by atoms with Gasteiger partial charge >= 0.3 is 0 Å². The van der Waals surface area contributed by atoms with E-state index in [-0.39, 0.29) is 5.82 Å². The van der Waals surface area contributed by atoms with Crippen LogP contribution in [0.15, 0.2) is 48.8 Å². The number of rotatable bonds is 1. The molecular formula is C11H8FN. The van der Waals surface area contributed by atoms with Crippen molar-refractivity contribution in [3.63, 3.8) is 0 Å². The molecule has 13 heavy (non-hydrogen) atoms. The Morgan fingerprint density at radius 1 is 0.923 bits per heavy atom. The number of aromatic nitrogens is 1. The predicted octanol–water partition coefficient (Wildman–Crippen LogP) is 2.89. The molecule has 2 aromatic rings. The topological polar surface area (TPSA) is 12.9 Å². The summed E-state index contributed by atoms with van der Waals surface area (Å²) in [6, 6.07) is 11.1. The van der Waals surface area contributed by atoms with Gasteiger partial charge in [-0.15, -0.1) is 0 Å². The molecule has 0 aliphatic rings. The Balaban J connectivity index is 2.48. The molecule has 0 fully saturated rings. The number of hydrogen-bond acceptors (Lipinski definition) is 1. The van der Waals surface area contributed by atoms with Crippen molar-refractivity contribution in [2.45, 2.75) is 0 Å². The maximum absolute atomic E-state index is 12.8. The van der Waals surface area contributed by atoms with E-state index >= 15 is 0 Å². The van der Waals surface area contributed by atoms with Gasteiger partial charge in [0.1, 0.15) is 5.82 Å². The van der Waals surface area contributed by atoms with E-state index in [0.29, 0.717) is 0 Å². The van der Waals surface area contributed by atoms with Crippen LogP contribution in [0, 0.1) is 5.82 Å². The fraction of sp³-hybridized carbons (Fsp3) is 0. The van der Waals surface area contributed by atoms with E-state index in [1.807, 2.05) is 30.3 Å². The first kappa shape index (κ1) is 7.92. The second kappa shape index (κ2) is 3.35. The van der Waals surface area contributed by atoms with Crippen LogP contribution in [-0.2, 0) is 0 Å². The fourth-order valence-electron chi connectivity index (χ4n) is 1.20. The highest BCUT2D eigenvalue weighted by Crippen LogP contribution is 2.17. The van der Waals surface area contributed by atoms with Gasteiger partial charge in [-0.2, -0.15) is 0 Å². The maximum atomic E-state index is 12.8. The lowest BCUT2D eigenvalue weighted by atomic mass is 10.1. The lowest BCUT2D eigenvalue weighted by Crippen LogP contribution is -1.81. The van der Waals surface area contributed by atoms with Gasteiger partial charge < -0.3 is 0 Å². The van der Waals surface area contributed by atoms with Crippen LogP contribution < -0.4 is 0 Å². The number of halogens is 1. The second-order valence-corrected chi connectivity index (χ2v) is 2.76. The SMILES string of the molecule is Fc1cncc(-c2ccccc2)c1. The van der Waals surface area contributed by atoms with Crippen LogP contribution in [0.25, 0.3) is 11.1 Å². The van der Waals surface area contributed by atoms with Gasteiger partial charge in [0.05, 0.1) is 6.20 Å². The van der Waals surface area contributed by atoms with Gasteiger partial charge in [-0.25, -0.2) is 4.39 Å². The molecule has 1 aromatic heterocycles. The van der Waals surface area contributed by atoms with Crippen molar-refractivity contribution in [2.24, 2.45) is 0 Å². The summed E-state index contributed by atoms with van der Waals surface area (Å²) in [6.07, 6.45) is 2.85. The quantitative estimate of drug-likeness (QED) is 0.646. The van der Waals surface area contributed by atoms with Crippen molar-refractivity contribution in [1.82, 2.24) is 4.98 Å². The first-order chi connectivity index (χ1) is 6.36. The largest absolute Gasteiger partial charge is 0.261 e. The third-order valence-corrected chi connectivity index (χ3v) is 1.81. The van der Waals surface area contributed by atoms with E-state index in [0.717, 1.165) is 11.1 Å². The number of nitrogens with zero attached hydrogens (tertiary/aromatic N) is 1. The van der Waals surface area contributed by atoms with Crippen molar-refractivity contribution < 1.29 is 4.39 Å². The van der Waals surface area contributed by atoms with Crippen LogP contribution in [0.4, 0.5) is 4.39 Å². The second-order valence-electron chi connectivity index (χ2n) is 2.76. The molecule has 0 aliphatic carbocycles. The monoisotopic (exact) mass is 173 g/mol. The summed E-state index contributed by atoms with van der Waals surface area (Å²) in [5, 5.41) is 0. The lowest BCUT2D eigenvalue weighted by molar-refractivity contribution is 0.622. The van der Waals surface area contributed by atoms with E-state index in [2.05, 4.69) is 4.98 Å². The standard InChI is InChI=1S/C11H8FN/c12-11-6-10(7-13-8-11)9-4-2-1-3-5-9/h1-8H. The predicted molar refractivity (Wildman–Crippen MR) is 49.6 cm³/mol. The molecule has 1 nitrogen and oxygen atoms in total. The van der Waals surface area contributed by atoms with Crippen molar-refractivity contribution in [3.8, 4) is 11.1 Å². The zero-order chi connectivity index (χ0) is 9.10. The maximum Gasteiger partial charge on any atom is 0.142 e. The van der Waals surface area contributed by atoms with E-state index < -0.39 is 0 Å². The van der Waals surface area contributed by atoms with Gasteiger partial charge in [0.2, 0.25) is 0 Å². The first-order valence-electron chi connectivity index (χ1n) is 4.02. The minimum atomic E-state index is -0.304. The Hall–Kier alpha value is -1.70. The molecule has 1 aromatic carbocycles. The summed E-state index contributed by atoms with van der Waals surface area (Å²) >= 11 is 0. The molecule has 64 valence electrons.